The number of anilines is 5. The summed E-state index contributed by atoms with van der Waals surface area (Å²) in [6, 6.07) is 14.6. The van der Waals surface area contributed by atoms with Crippen LogP contribution in [-0.2, 0) is 10.1 Å². The van der Waals surface area contributed by atoms with E-state index >= 15 is 0 Å². The number of aromatic nitrogens is 3. The standard InChI is InChI=1S/C27H19ClN8O8S/c28-15-2-4-16(5-3-15)35-36-19-6-1-12-10-18(45(42,43)44)11-20(21(12)22(19)37)31-27-33-25(29)32-26(34-27)30-17-8-13(23(38)39)7-14(9-17)24(40)41/h1-11,37H,(H,38,39)(H,40,41)(H,42,43,44)(H4,29,30,31,32,33,34). The molecule has 0 radical (unpaired) electrons. The fraction of sp³-hybridized carbons (Fsp3) is 0. The molecule has 0 aliphatic rings. The molecule has 0 bridgehead atoms. The van der Waals surface area contributed by atoms with Crippen LogP contribution in [0, 0.1) is 0 Å². The molecule has 0 saturated carbocycles. The van der Waals surface area contributed by atoms with E-state index in [-0.39, 0.29) is 56.8 Å². The minimum Gasteiger partial charge on any atom is -0.505 e. The van der Waals surface area contributed by atoms with Gasteiger partial charge in [0.2, 0.25) is 17.8 Å². The number of phenols is 1. The zero-order valence-electron chi connectivity index (χ0n) is 22.4. The third-order valence-electron chi connectivity index (χ3n) is 6.02. The number of aromatic carboxylic acids is 2. The van der Waals surface area contributed by atoms with E-state index in [0.29, 0.717) is 10.7 Å². The molecule has 16 nitrogen and oxygen atoms in total. The lowest BCUT2D eigenvalue weighted by atomic mass is 10.1. The topological polar surface area (TPSA) is 263 Å². The van der Waals surface area contributed by atoms with Crippen molar-refractivity contribution in [1.82, 2.24) is 15.0 Å². The monoisotopic (exact) mass is 650 g/mol. The van der Waals surface area contributed by atoms with Crippen molar-refractivity contribution < 1.29 is 37.9 Å². The molecule has 0 unspecified atom stereocenters. The van der Waals surface area contributed by atoms with Gasteiger partial charge in [-0.15, -0.1) is 5.11 Å². The summed E-state index contributed by atoms with van der Waals surface area (Å²) in [6.07, 6.45) is 0. The minimum atomic E-state index is -4.72. The van der Waals surface area contributed by atoms with Gasteiger partial charge in [0.25, 0.3) is 10.1 Å². The van der Waals surface area contributed by atoms with Crippen LogP contribution in [0.1, 0.15) is 20.7 Å². The number of carboxylic acids is 2. The lowest BCUT2D eigenvalue weighted by molar-refractivity contribution is 0.0696. The smallest absolute Gasteiger partial charge is 0.335 e. The van der Waals surface area contributed by atoms with Crippen LogP contribution in [0.3, 0.4) is 0 Å². The van der Waals surface area contributed by atoms with E-state index in [9.17, 15) is 37.9 Å². The van der Waals surface area contributed by atoms with Crippen molar-refractivity contribution in [3.63, 3.8) is 0 Å². The first-order valence-electron chi connectivity index (χ1n) is 12.4. The molecule has 0 fully saturated rings. The van der Waals surface area contributed by atoms with Gasteiger partial charge in [0.05, 0.1) is 27.4 Å². The number of nitrogen functional groups attached to an aromatic ring is 1. The van der Waals surface area contributed by atoms with Crippen LogP contribution in [0.25, 0.3) is 10.8 Å². The molecule has 5 rings (SSSR count). The summed E-state index contributed by atoms with van der Waals surface area (Å²) in [5.74, 6) is -4.05. The Morgan fingerprint density at radius 1 is 0.822 bits per heavy atom. The number of benzene rings is 4. The Bertz CT molecular complexity index is 2110. The Morgan fingerprint density at radius 2 is 1.44 bits per heavy atom. The van der Waals surface area contributed by atoms with E-state index in [2.05, 4.69) is 35.8 Å². The number of rotatable bonds is 9. The van der Waals surface area contributed by atoms with Crippen molar-refractivity contribution in [1.29, 1.82) is 0 Å². The number of carbonyl (C=O) groups is 2. The van der Waals surface area contributed by atoms with E-state index in [4.69, 9.17) is 17.3 Å². The number of fused-ring (bicyclic) bond motifs is 1. The second-order valence-electron chi connectivity index (χ2n) is 9.15. The highest BCUT2D eigenvalue weighted by Gasteiger charge is 2.19. The average molecular weight is 651 g/mol. The van der Waals surface area contributed by atoms with Gasteiger partial charge in [-0.2, -0.15) is 28.5 Å². The number of nitrogens with two attached hydrogens (primary N) is 1. The maximum absolute atomic E-state index is 12.0. The molecule has 5 aromatic rings. The zero-order chi connectivity index (χ0) is 32.5. The van der Waals surface area contributed by atoms with Gasteiger partial charge in [0.15, 0.2) is 5.75 Å². The predicted molar refractivity (Wildman–Crippen MR) is 162 cm³/mol. The highest BCUT2D eigenvalue weighted by molar-refractivity contribution is 7.85. The quantitative estimate of drug-likeness (QED) is 0.0766. The fourth-order valence-electron chi connectivity index (χ4n) is 4.06. The highest BCUT2D eigenvalue weighted by atomic mass is 35.5. The molecular weight excluding hydrogens is 632 g/mol. The molecule has 8 N–H and O–H groups in total. The number of hydrogen-bond donors (Lipinski definition) is 7. The largest absolute Gasteiger partial charge is 0.505 e. The van der Waals surface area contributed by atoms with Gasteiger partial charge >= 0.3 is 11.9 Å². The number of hydrogen-bond acceptors (Lipinski definition) is 13. The molecular formula is C27H19ClN8O8S. The molecule has 1 aromatic heterocycles. The highest BCUT2D eigenvalue weighted by Crippen LogP contribution is 2.42. The van der Waals surface area contributed by atoms with Crippen LogP contribution >= 0.6 is 11.6 Å². The van der Waals surface area contributed by atoms with Gasteiger partial charge in [0, 0.05) is 16.1 Å². The van der Waals surface area contributed by atoms with E-state index in [0.717, 1.165) is 30.3 Å². The Labute approximate surface area is 257 Å². The van der Waals surface area contributed by atoms with Crippen molar-refractivity contribution in [2.75, 3.05) is 16.4 Å². The average Bonchev–Trinajstić information content (AvgIpc) is 2.96. The fourth-order valence-corrected chi connectivity index (χ4v) is 4.73. The Morgan fingerprint density at radius 3 is 2.04 bits per heavy atom. The van der Waals surface area contributed by atoms with Crippen LogP contribution < -0.4 is 16.4 Å². The number of aromatic hydroxyl groups is 1. The maximum atomic E-state index is 12.0. The second kappa shape index (κ2) is 12.0. The van der Waals surface area contributed by atoms with Crippen LogP contribution in [-0.4, -0.2) is 55.2 Å². The predicted octanol–water partition coefficient (Wildman–Crippen LogP) is 5.51. The number of halogens is 1. The summed E-state index contributed by atoms with van der Waals surface area (Å²) < 4.78 is 33.8. The first-order valence-corrected chi connectivity index (χ1v) is 14.2. The van der Waals surface area contributed by atoms with Crippen molar-refractivity contribution in [2.24, 2.45) is 10.2 Å². The lowest BCUT2D eigenvalue weighted by Gasteiger charge is -2.14. The second-order valence-corrected chi connectivity index (χ2v) is 11.0. The summed E-state index contributed by atoms with van der Waals surface area (Å²) in [4.78, 5) is 34.5. The van der Waals surface area contributed by atoms with E-state index in [1.807, 2.05) is 0 Å². The molecule has 1 heterocycles. The third-order valence-corrected chi connectivity index (χ3v) is 7.11. The van der Waals surface area contributed by atoms with Crippen LogP contribution in [0.5, 0.6) is 5.75 Å². The van der Waals surface area contributed by atoms with Crippen LogP contribution in [0.15, 0.2) is 81.9 Å². The van der Waals surface area contributed by atoms with Gasteiger partial charge in [0.1, 0.15) is 5.69 Å². The van der Waals surface area contributed by atoms with Crippen LogP contribution in [0.4, 0.5) is 40.6 Å². The summed E-state index contributed by atoms with van der Waals surface area (Å²) >= 11 is 5.89. The Kier molecular flexibility index (Phi) is 8.14. The van der Waals surface area contributed by atoms with Gasteiger partial charge in [-0.25, -0.2) is 9.59 Å². The Hall–Kier alpha value is -5.91. The van der Waals surface area contributed by atoms with Gasteiger partial charge in [-0.3, -0.25) is 4.55 Å². The van der Waals surface area contributed by atoms with Gasteiger partial charge in [-0.1, -0.05) is 17.7 Å². The number of nitrogens with zero attached hydrogens (tertiary/aromatic N) is 5. The van der Waals surface area contributed by atoms with Crippen LogP contribution in [0.2, 0.25) is 5.02 Å². The first kappa shape index (κ1) is 30.5. The van der Waals surface area contributed by atoms with Gasteiger partial charge < -0.3 is 31.7 Å². The molecule has 0 atom stereocenters. The maximum Gasteiger partial charge on any atom is 0.335 e. The van der Waals surface area contributed by atoms with Crippen molar-refractivity contribution in [2.45, 2.75) is 4.90 Å². The molecule has 0 amide bonds. The lowest BCUT2D eigenvalue weighted by Crippen LogP contribution is -2.09. The minimum absolute atomic E-state index is 0.00370. The summed E-state index contributed by atoms with van der Waals surface area (Å²) in [7, 11) is -4.72. The third kappa shape index (κ3) is 7.02. The molecule has 0 spiro atoms. The number of azo groups is 1. The molecule has 228 valence electrons. The number of phenolic OH excluding ortho intramolecular Hbond substituents is 1. The van der Waals surface area contributed by atoms with E-state index in [1.54, 1.807) is 24.3 Å². The summed E-state index contributed by atoms with van der Waals surface area (Å²) in [5.41, 5.74) is 5.52. The Balaban J connectivity index is 1.57. The number of nitrogens with one attached hydrogen (secondary N) is 2. The van der Waals surface area contributed by atoms with Gasteiger partial charge in [-0.05, 0) is 66.0 Å². The van der Waals surface area contributed by atoms with E-state index < -0.39 is 32.7 Å². The summed E-state index contributed by atoms with van der Waals surface area (Å²) in [5, 5.41) is 44.1. The van der Waals surface area contributed by atoms with Crippen molar-refractivity contribution in [3.8, 4) is 5.75 Å². The molecule has 4 aromatic carbocycles. The van der Waals surface area contributed by atoms with Crippen molar-refractivity contribution in [3.05, 3.63) is 82.9 Å². The zero-order valence-corrected chi connectivity index (χ0v) is 23.9. The SMILES string of the molecule is Nc1nc(Nc2cc(C(=O)O)cc(C(=O)O)c2)nc(Nc2cc(S(=O)(=O)O)cc3ccc(N=Nc4ccc(Cl)cc4)c(O)c23)n1. The molecule has 0 aliphatic carbocycles. The van der Waals surface area contributed by atoms with Crippen molar-refractivity contribution >= 4 is 85.0 Å². The molecule has 0 saturated heterocycles. The molecule has 45 heavy (non-hydrogen) atoms. The normalized spacial score (nSPS) is 11.5. The van der Waals surface area contributed by atoms with E-state index in [1.165, 1.54) is 12.1 Å². The summed E-state index contributed by atoms with van der Waals surface area (Å²) in [6.45, 7) is 0. The molecule has 0 aliphatic heterocycles. The molecule has 18 heteroatoms. The number of carboxylic acid groups (broad SMARTS) is 2. The first-order chi connectivity index (χ1) is 21.3.